The van der Waals surface area contributed by atoms with Crippen LogP contribution >= 0.6 is 15.9 Å². The smallest absolute Gasteiger partial charge is 0.166 e. The molecule has 0 aliphatic rings. The molecule has 0 aliphatic carbocycles. The lowest BCUT2D eigenvalue weighted by Gasteiger charge is -2.24. The van der Waals surface area contributed by atoms with E-state index in [1.807, 2.05) is 32.2 Å². The van der Waals surface area contributed by atoms with E-state index in [1.165, 1.54) is 5.56 Å². The minimum absolute atomic E-state index is 0.128. The zero-order chi connectivity index (χ0) is 20.3. The Labute approximate surface area is 175 Å². The van der Waals surface area contributed by atoms with E-state index in [-0.39, 0.29) is 5.78 Å². The molecule has 3 rings (SSSR count). The lowest BCUT2D eigenvalue weighted by Crippen LogP contribution is -2.16. The van der Waals surface area contributed by atoms with Crippen molar-refractivity contribution in [3.8, 4) is 0 Å². The molecule has 1 heterocycles. The average Bonchev–Trinajstić information content (AvgIpc) is 2.66. The maximum Gasteiger partial charge on any atom is 0.166 e. The molecule has 0 aliphatic heterocycles. The number of ketones is 1. The summed E-state index contributed by atoms with van der Waals surface area (Å²) in [5.41, 5.74) is 4.76. The maximum atomic E-state index is 12.8. The quantitative estimate of drug-likeness (QED) is 0.435. The molecule has 0 atom stereocenters. The molecule has 146 valence electrons. The van der Waals surface area contributed by atoms with Gasteiger partial charge >= 0.3 is 0 Å². The molecule has 0 fully saturated rings. The molecule has 2 aromatic carbocycles. The predicted octanol–water partition coefficient (Wildman–Crippen LogP) is 5.81. The average molecular weight is 440 g/mol. The highest BCUT2D eigenvalue weighted by molar-refractivity contribution is 9.10. The number of hydrogen-bond donors (Lipinski definition) is 0. The van der Waals surface area contributed by atoms with E-state index in [1.54, 1.807) is 6.20 Å². The van der Waals surface area contributed by atoms with Gasteiger partial charge in [-0.25, -0.2) is 0 Å². The summed E-state index contributed by atoms with van der Waals surface area (Å²) in [6.07, 6.45) is 3.06. The molecule has 0 bridgehead atoms. The fourth-order valence-corrected chi connectivity index (χ4v) is 3.76. The van der Waals surface area contributed by atoms with Crippen LogP contribution in [0.4, 0.5) is 11.4 Å². The zero-order valence-electron chi connectivity index (χ0n) is 16.9. The minimum Gasteiger partial charge on any atom is -0.343 e. The Kier molecular flexibility index (Phi) is 6.47. The van der Waals surface area contributed by atoms with E-state index in [9.17, 15) is 4.79 Å². The van der Waals surface area contributed by atoms with Gasteiger partial charge in [-0.05, 0) is 56.4 Å². The van der Waals surface area contributed by atoms with Crippen molar-refractivity contribution in [2.24, 2.45) is 0 Å². The van der Waals surface area contributed by atoms with Crippen LogP contribution in [0.1, 0.15) is 35.7 Å². The summed E-state index contributed by atoms with van der Waals surface area (Å²) in [6, 6.07) is 14.5. The third-order valence-corrected chi connectivity index (χ3v) is 5.23. The number of Topliss-reactive ketones (excluding diaryl/α,β-unsaturated/α-hetero) is 1. The molecule has 0 saturated carbocycles. The van der Waals surface area contributed by atoms with Crippen molar-refractivity contribution in [2.45, 2.75) is 26.3 Å². The normalized spacial score (nSPS) is 11.2. The van der Waals surface area contributed by atoms with Gasteiger partial charge in [-0.2, -0.15) is 0 Å². The number of fused-ring (bicyclic) bond motifs is 1. The first-order valence-electron chi connectivity index (χ1n) is 9.49. The van der Waals surface area contributed by atoms with Gasteiger partial charge < -0.3 is 9.80 Å². The molecular formula is C23H26BrN3O. The first-order chi connectivity index (χ1) is 13.4. The first-order valence-corrected chi connectivity index (χ1v) is 10.3. The van der Waals surface area contributed by atoms with E-state index in [2.05, 4.69) is 69.1 Å². The van der Waals surface area contributed by atoms with Gasteiger partial charge in [0.2, 0.25) is 0 Å². The third kappa shape index (κ3) is 4.42. The third-order valence-electron chi connectivity index (χ3n) is 4.74. The minimum atomic E-state index is 0.128. The molecule has 0 spiro atoms. The van der Waals surface area contributed by atoms with Gasteiger partial charge in [0.1, 0.15) is 0 Å². The van der Waals surface area contributed by atoms with Crippen LogP contribution < -0.4 is 4.90 Å². The summed E-state index contributed by atoms with van der Waals surface area (Å²) >= 11 is 3.56. The van der Waals surface area contributed by atoms with Crippen LogP contribution in [0.2, 0.25) is 0 Å². The standard InChI is InChI=1S/C23H26BrN3O/c1-5-6-22(28)20-14-25-21-12-9-17(24)13-19(21)23(20)27(4)18-10-7-16(8-11-18)15-26(2)3/h7-14H,5-6,15H2,1-4H3. The van der Waals surface area contributed by atoms with Crippen LogP contribution in [-0.4, -0.2) is 36.8 Å². The summed E-state index contributed by atoms with van der Waals surface area (Å²) in [5.74, 6) is 0.128. The molecular weight excluding hydrogens is 414 g/mol. The molecule has 3 aromatic rings. The van der Waals surface area contributed by atoms with Crippen molar-refractivity contribution in [1.82, 2.24) is 9.88 Å². The van der Waals surface area contributed by atoms with Crippen LogP contribution in [0.15, 0.2) is 53.1 Å². The molecule has 0 unspecified atom stereocenters. The number of hydrogen-bond acceptors (Lipinski definition) is 4. The van der Waals surface area contributed by atoms with Crippen molar-refractivity contribution >= 4 is 44.0 Å². The zero-order valence-corrected chi connectivity index (χ0v) is 18.5. The highest BCUT2D eigenvalue weighted by atomic mass is 79.9. The number of benzene rings is 2. The van der Waals surface area contributed by atoms with Crippen molar-refractivity contribution < 1.29 is 4.79 Å². The first kappa shape index (κ1) is 20.5. The lowest BCUT2D eigenvalue weighted by atomic mass is 10.0. The second-order valence-corrected chi connectivity index (χ2v) is 8.23. The lowest BCUT2D eigenvalue weighted by molar-refractivity contribution is 0.0982. The van der Waals surface area contributed by atoms with E-state index < -0.39 is 0 Å². The van der Waals surface area contributed by atoms with Crippen LogP contribution in [0.25, 0.3) is 10.9 Å². The van der Waals surface area contributed by atoms with Gasteiger partial charge in [-0.3, -0.25) is 9.78 Å². The van der Waals surface area contributed by atoms with Crippen molar-refractivity contribution in [1.29, 1.82) is 0 Å². The number of carbonyl (C=O) groups excluding carboxylic acids is 1. The van der Waals surface area contributed by atoms with Gasteiger partial charge in [0.15, 0.2) is 5.78 Å². The molecule has 1 aromatic heterocycles. The van der Waals surface area contributed by atoms with Crippen LogP contribution in [0.3, 0.4) is 0 Å². The fourth-order valence-electron chi connectivity index (χ4n) is 3.40. The van der Waals surface area contributed by atoms with E-state index in [0.717, 1.165) is 39.7 Å². The maximum absolute atomic E-state index is 12.8. The Balaban J connectivity index is 2.11. The molecule has 0 amide bonds. The molecule has 0 radical (unpaired) electrons. The number of rotatable bonds is 7. The van der Waals surface area contributed by atoms with Crippen LogP contribution in [-0.2, 0) is 6.54 Å². The van der Waals surface area contributed by atoms with Gasteiger partial charge in [0.25, 0.3) is 0 Å². The number of carbonyl (C=O) groups is 1. The Morgan fingerprint density at radius 1 is 1.07 bits per heavy atom. The van der Waals surface area contributed by atoms with Crippen molar-refractivity contribution in [3.63, 3.8) is 0 Å². The number of halogens is 1. The summed E-state index contributed by atoms with van der Waals surface area (Å²) in [4.78, 5) is 21.6. The second-order valence-electron chi connectivity index (χ2n) is 7.32. The Hall–Kier alpha value is -2.24. The molecule has 0 saturated heterocycles. The van der Waals surface area contributed by atoms with E-state index in [4.69, 9.17) is 0 Å². The number of aromatic nitrogens is 1. The van der Waals surface area contributed by atoms with Gasteiger partial charge in [-0.1, -0.05) is 35.0 Å². The highest BCUT2D eigenvalue weighted by Crippen LogP contribution is 2.35. The Morgan fingerprint density at radius 2 is 1.79 bits per heavy atom. The highest BCUT2D eigenvalue weighted by Gasteiger charge is 2.19. The Morgan fingerprint density at radius 3 is 2.43 bits per heavy atom. The molecule has 28 heavy (non-hydrogen) atoms. The predicted molar refractivity (Wildman–Crippen MR) is 121 cm³/mol. The van der Waals surface area contributed by atoms with Crippen molar-refractivity contribution in [3.05, 3.63) is 64.3 Å². The largest absolute Gasteiger partial charge is 0.343 e. The summed E-state index contributed by atoms with van der Waals surface area (Å²) < 4.78 is 0.970. The number of nitrogens with zero attached hydrogens (tertiary/aromatic N) is 3. The van der Waals surface area contributed by atoms with Crippen LogP contribution in [0, 0.1) is 0 Å². The van der Waals surface area contributed by atoms with Crippen molar-refractivity contribution in [2.75, 3.05) is 26.0 Å². The second kappa shape index (κ2) is 8.84. The summed E-state index contributed by atoms with van der Waals surface area (Å²) in [7, 11) is 6.14. The fraction of sp³-hybridized carbons (Fsp3) is 0.304. The molecule has 5 heteroatoms. The Bertz CT molecular complexity index is 983. The van der Waals surface area contributed by atoms with Crippen LogP contribution in [0.5, 0.6) is 0 Å². The molecule has 0 N–H and O–H groups in total. The van der Waals surface area contributed by atoms with Gasteiger partial charge in [0.05, 0.1) is 16.8 Å². The number of pyridine rings is 1. The van der Waals surface area contributed by atoms with E-state index in [0.29, 0.717) is 12.0 Å². The molecule has 4 nitrogen and oxygen atoms in total. The van der Waals surface area contributed by atoms with E-state index >= 15 is 0 Å². The monoisotopic (exact) mass is 439 g/mol. The topological polar surface area (TPSA) is 36.4 Å². The SMILES string of the molecule is CCCC(=O)c1cnc2ccc(Br)cc2c1N(C)c1ccc(CN(C)C)cc1. The summed E-state index contributed by atoms with van der Waals surface area (Å²) in [6.45, 7) is 2.92. The summed E-state index contributed by atoms with van der Waals surface area (Å²) in [5, 5.41) is 0.969. The van der Waals surface area contributed by atoms with Gasteiger partial charge in [0, 0.05) is 41.8 Å². The number of anilines is 2. The van der Waals surface area contributed by atoms with Gasteiger partial charge in [-0.15, -0.1) is 0 Å².